The lowest BCUT2D eigenvalue weighted by Crippen LogP contribution is -2.27. The van der Waals surface area contributed by atoms with Crippen LogP contribution in [0.3, 0.4) is 0 Å². The fourth-order valence-electron chi connectivity index (χ4n) is 4.97. The van der Waals surface area contributed by atoms with Crippen LogP contribution in [0.15, 0.2) is 65.7 Å². The fourth-order valence-corrected chi connectivity index (χ4v) is 6.79. The van der Waals surface area contributed by atoms with Crippen molar-refractivity contribution < 1.29 is 9.47 Å². The number of nitrogens with zero attached hydrogens (tertiary/aromatic N) is 1. The SMILES string of the molecule is CCCC(C)(Pc1c(C)cccc1/C=N/c1ccccc1)c1cc(C(C)(C)C)cc(C(C)(C)C)c1OCOC. The van der Waals surface area contributed by atoms with Gasteiger partial charge in [0.1, 0.15) is 5.75 Å². The van der Waals surface area contributed by atoms with Gasteiger partial charge in [-0.05, 0) is 52.7 Å². The first kappa shape index (κ1) is 31.1. The molecule has 2 atom stereocenters. The quantitative estimate of drug-likeness (QED) is 0.144. The van der Waals surface area contributed by atoms with E-state index in [1.54, 1.807) is 7.11 Å². The van der Waals surface area contributed by atoms with Crippen molar-refractivity contribution in [3.8, 4) is 5.75 Å². The van der Waals surface area contributed by atoms with Crippen molar-refractivity contribution in [2.75, 3.05) is 13.9 Å². The molecule has 39 heavy (non-hydrogen) atoms. The molecule has 3 aromatic rings. The van der Waals surface area contributed by atoms with E-state index >= 15 is 0 Å². The van der Waals surface area contributed by atoms with Gasteiger partial charge in [-0.2, -0.15) is 0 Å². The van der Waals surface area contributed by atoms with Crippen LogP contribution in [0, 0.1) is 6.92 Å². The van der Waals surface area contributed by atoms with Crippen molar-refractivity contribution in [3.63, 3.8) is 0 Å². The second-order valence-corrected chi connectivity index (χ2v) is 14.6. The van der Waals surface area contributed by atoms with Gasteiger partial charge >= 0.3 is 0 Å². The maximum absolute atomic E-state index is 6.46. The van der Waals surface area contributed by atoms with Crippen molar-refractivity contribution in [1.29, 1.82) is 0 Å². The molecule has 0 aromatic heterocycles. The van der Waals surface area contributed by atoms with Gasteiger partial charge in [0.05, 0.1) is 5.69 Å². The number of ether oxygens (including phenoxy) is 2. The summed E-state index contributed by atoms with van der Waals surface area (Å²) in [7, 11) is 2.24. The molecule has 0 aliphatic carbocycles. The van der Waals surface area contributed by atoms with Gasteiger partial charge in [0.15, 0.2) is 6.79 Å². The van der Waals surface area contributed by atoms with Crippen LogP contribution in [0.1, 0.15) is 96.0 Å². The highest BCUT2D eigenvalue weighted by molar-refractivity contribution is 7.49. The summed E-state index contributed by atoms with van der Waals surface area (Å²) in [5.74, 6) is 0.980. The van der Waals surface area contributed by atoms with Crippen LogP contribution in [0.5, 0.6) is 5.75 Å². The van der Waals surface area contributed by atoms with Crippen LogP contribution in [-0.4, -0.2) is 20.1 Å². The highest BCUT2D eigenvalue weighted by Gasteiger charge is 2.35. The molecule has 4 heteroatoms. The Bertz CT molecular complexity index is 1270. The minimum Gasteiger partial charge on any atom is -0.467 e. The number of hydrogen-bond acceptors (Lipinski definition) is 3. The maximum atomic E-state index is 6.46. The molecule has 0 heterocycles. The third-order valence-electron chi connectivity index (χ3n) is 7.24. The van der Waals surface area contributed by atoms with E-state index in [9.17, 15) is 0 Å². The summed E-state index contributed by atoms with van der Waals surface area (Å²) in [6, 6.07) is 21.5. The van der Waals surface area contributed by atoms with Crippen LogP contribution < -0.4 is 10.0 Å². The van der Waals surface area contributed by atoms with Crippen LogP contribution in [0.2, 0.25) is 0 Å². The van der Waals surface area contributed by atoms with Gasteiger partial charge in [0.25, 0.3) is 0 Å². The normalized spacial score (nSPS) is 14.3. The monoisotopic (exact) mass is 545 g/mol. The number of hydrogen-bond donors (Lipinski definition) is 0. The molecule has 0 fully saturated rings. The highest BCUT2D eigenvalue weighted by Crippen LogP contribution is 2.52. The van der Waals surface area contributed by atoms with Crippen LogP contribution >= 0.6 is 8.58 Å². The van der Waals surface area contributed by atoms with Gasteiger partial charge in [-0.15, -0.1) is 0 Å². The zero-order valence-electron chi connectivity index (χ0n) is 25.7. The number of rotatable bonds is 10. The summed E-state index contributed by atoms with van der Waals surface area (Å²) in [6.45, 7) is 20.9. The van der Waals surface area contributed by atoms with E-state index in [1.807, 2.05) is 36.5 Å². The summed E-state index contributed by atoms with van der Waals surface area (Å²) in [6.07, 6.45) is 4.16. The average Bonchev–Trinajstić information content (AvgIpc) is 2.87. The first-order valence-corrected chi connectivity index (χ1v) is 15.1. The Hall–Kier alpha value is -2.48. The first-order valence-electron chi connectivity index (χ1n) is 14.1. The number of aryl methyl sites for hydroxylation is 1. The molecule has 3 aromatic carbocycles. The lowest BCUT2D eigenvalue weighted by Gasteiger charge is -2.37. The topological polar surface area (TPSA) is 30.8 Å². The molecule has 0 aliphatic heterocycles. The minimum atomic E-state index is -0.124. The summed E-state index contributed by atoms with van der Waals surface area (Å²) in [5, 5.41) is 1.24. The van der Waals surface area contributed by atoms with E-state index in [-0.39, 0.29) is 22.8 Å². The molecule has 0 amide bonds. The van der Waals surface area contributed by atoms with E-state index in [2.05, 4.69) is 92.6 Å². The van der Waals surface area contributed by atoms with Crippen LogP contribution in [0.25, 0.3) is 0 Å². The van der Waals surface area contributed by atoms with E-state index < -0.39 is 0 Å². The lowest BCUT2D eigenvalue weighted by molar-refractivity contribution is 0.0486. The third-order valence-corrected chi connectivity index (χ3v) is 9.25. The molecular weight excluding hydrogens is 497 g/mol. The van der Waals surface area contributed by atoms with Gasteiger partial charge in [0, 0.05) is 35.2 Å². The van der Waals surface area contributed by atoms with Gasteiger partial charge in [-0.1, -0.05) is 119 Å². The third kappa shape index (κ3) is 7.80. The summed E-state index contributed by atoms with van der Waals surface area (Å²) in [4.78, 5) is 4.82. The molecule has 0 radical (unpaired) electrons. The van der Waals surface area contributed by atoms with E-state index in [0.717, 1.165) is 24.3 Å². The van der Waals surface area contributed by atoms with Crippen molar-refractivity contribution >= 4 is 25.8 Å². The first-order chi connectivity index (χ1) is 18.3. The van der Waals surface area contributed by atoms with E-state index in [4.69, 9.17) is 14.5 Å². The van der Waals surface area contributed by atoms with Crippen molar-refractivity contribution in [3.05, 3.63) is 88.5 Å². The Balaban J connectivity index is 2.25. The molecule has 3 nitrogen and oxygen atoms in total. The summed E-state index contributed by atoms with van der Waals surface area (Å²) >= 11 is 0. The molecular formula is C35H48NO2P. The predicted molar refractivity (Wildman–Crippen MR) is 171 cm³/mol. The zero-order valence-corrected chi connectivity index (χ0v) is 26.7. The molecule has 0 saturated carbocycles. The minimum absolute atomic E-state index is 0.0148. The Kier molecular flexibility index (Phi) is 10.2. The molecule has 0 N–H and O–H groups in total. The molecule has 0 bridgehead atoms. The maximum Gasteiger partial charge on any atom is 0.188 e. The second-order valence-electron chi connectivity index (χ2n) is 12.8. The Morgan fingerprint density at radius 2 is 1.51 bits per heavy atom. The number of para-hydroxylation sites is 1. The lowest BCUT2D eigenvalue weighted by atomic mass is 9.77. The van der Waals surface area contributed by atoms with E-state index in [1.165, 1.54) is 33.1 Å². The number of aliphatic imine (C=N–C) groups is 1. The van der Waals surface area contributed by atoms with Gasteiger partial charge in [-0.3, -0.25) is 4.99 Å². The fraction of sp³-hybridized carbons (Fsp3) is 0.457. The van der Waals surface area contributed by atoms with Crippen LogP contribution in [-0.2, 0) is 20.7 Å². The predicted octanol–water partition coefficient (Wildman–Crippen LogP) is 9.34. The highest BCUT2D eigenvalue weighted by atomic mass is 31.1. The molecule has 2 unspecified atom stereocenters. The number of benzene rings is 3. The van der Waals surface area contributed by atoms with Gasteiger partial charge in [0.2, 0.25) is 0 Å². The smallest absolute Gasteiger partial charge is 0.188 e. The zero-order chi connectivity index (χ0) is 28.8. The second kappa shape index (κ2) is 12.8. The van der Waals surface area contributed by atoms with Crippen LogP contribution in [0.4, 0.5) is 5.69 Å². The van der Waals surface area contributed by atoms with Crippen molar-refractivity contribution in [2.24, 2.45) is 4.99 Å². The van der Waals surface area contributed by atoms with Gasteiger partial charge in [-0.25, -0.2) is 0 Å². The van der Waals surface area contributed by atoms with E-state index in [0.29, 0.717) is 8.58 Å². The molecule has 3 rings (SSSR count). The van der Waals surface area contributed by atoms with Crippen molar-refractivity contribution in [1.82, 2.24) is 0 Å². The molecule has 210 valence electrons. The Morgan fingerprint density at radius 3 is 2.10 bits per heavy atom. The van der Waals surface area contributed by atoms with Gasteiger partial charge < -0.3 is 9.47 Å². The Morgan fingerprint density at radius 1 is 0.846 bits per heavy atom. The van der Waals surface area contributed by atoms with Crippen molar-refractivity contribution in [2.45, 2.75) is 91.1 Å². The standard InChI is InChI=1S/C35H48NO2P/c1-11-20-35(9,39-32-25(2)16-15-17-26(32)23-36-28-18-13-12-14-19-28)30-22-27(33(3,4)5)21-29(34(6,7)8)31(30)38-24-37-10/h12-19,21-23,39H,11,20,24H2,1-10H3/b36-23+. The average molecular weight is 546 g/mol. The molecule has 0 saturated heterocycles. The Labute approximate surface area is 239 Å². The summed E-state index contributed by atoms with van der Waals surface area (Å²) < 4.78 is 11.9. The molecule has 0 aliphatic rings. The molecule has 0 spiro atoms. The summed E-state index contributed by atoms with van der Waals surface area (Å²) in [5.41, 5.74) is 7.25. The largest absolute Gasteiger partial charge is 0.467 e. The number of methoxy groups -OCH3 is 1.